The molecule has 0 atom stereocenters. The largest absolute Gasteiger partial charge is 0.496 e. The number of amides is 1. The van der Waals surface area contributed by atoms with E-state index in [1.807, 2.05) is 49.4 Å². The molecule has 0 radical (unpaired) electrons. The van der Waals surface area contributed by atoms with Crippen molar-refractivity contribution in [3.8, 4) is 17.2 Å². The van der Waals surface area contributed by atoms with Gasteiger partial charge in [-0.15, -0.1) is 0 Å². The maximum Gasteiger partial charge on any atom is 0.307 e. The van der Waals surface area contributed by atoms with Crippen molar-refractivity contribution in [1.82, 2.24) is 9.99 Å². The van der Waals surface area contributed by atoms with E-state index in [4.69, 9.17) is 13.9 Å². The Bertz CT molecular complexity index is 1300. The van der Waals surface area contributed by atoms with Gasteiger partial charge in [-0.25, -0.2) is 5.43 Å². The number of furan rings is 1. The molecule has 0 aliphatic heterocycles. The average Bonchev–Trinajstić information content (AvgIpc) is 3.44. The fourth-order valence-electron chi connectivity index (χ4n) is 3.70. The fourth-order valence-corrected chi connectivity index (χ4v) is 3.70. The number of rotatable bonds is 8. The van der Waals surface area contributed by atoms with Crippen LogP contribution in [0.2, 0.25) is 0 Å². The second kappa shape index (κ2) is 10.1. The molecule has 2 aromatic carbocycles. The number of benzene rings is 2. The number of hydrogen-bond acceptors (Lipinski definition) is 5. The minimum Gasteiger partial charge on any atom is -0.496 e. The van der Waals surface area contributed by atoms with Crippen molar-refractivity contribution in [3.05, 3.63) is 101 Å². The highest BCUT2D eigenvalue weighted by atomic mass is 16.5. The molecule has 1 amide bonds. The first kappa shape index (κ1) is 22.9. The predicted molar refractivity (Wildman–Crippen MR) is 131 cm³/mol. The van der Waals surface area contributed by atoms with Crippen LogP contribution in [0, 0.1) is 20.8 Å². The van der Waals surface area contributed by atoms with Gasteiger partial charge in [0.15, 0.2) is 5.76 Å². The van der Waals surface area contributed by atoms with Crippen LogP contribution in [-0.2, 0) is 6.61 Å². The number of carbonyl (C=O) groups excluding carboxylic acids is 1. The second-order valence-corrected chi connectivity index (χ2v) is 7.93. The molecule has 34 heavy (non-hydrogen) atoms. The molecule has 0 aliphatic rings. The van der Waals surface area contributed by atoms with E-state index in [1.54, 1.807) is 25.5 Å². The van der Waals surface area contributed by atoms with E-state index in [2.05, 4.69) is 41.1 Å². The van der Waals surface area contributed by atoms with Crippen LogP contribution >= 0.6 is 0 Å². The van der Waals surface area contributed by atoms with Gasteiger partial charge < -0.3 is 18.5 Å². The zero-order chi connectivity index (χ0) is 24.1. The Hall–Kier alpha value is -4.26. The van der Waals surface area contributed by atoms with E-state index in [0.29, 0.717) is 11.5 Å². The highest BCUT2D eigenvalue weighted by Gasteiger charge is 2.11. The van der Waals surface area contributed by atoms with Crippen molar-refractivity contribution in [2.75, 3.05) is 7.11 Å². The Morgan fingerprint density at radius 1 is 1.00 bits per heavy atom. The maximum absolute atomic E-state index is 12.3. The first-order chi connectivity index (χ1) is 16.4. The summed E-state index contributed by atoms with van der Waals surface area (Å²) in [7, 11) is 1.63. The van der Waals surface area contributed by atoms with Crippen LogP contribution in [0.15, 0.2) is 76.2 Å². The molecule has 0 fully saturated rings. The smallest absolute Gasteiger partial charge is 0.307 e. The number of aromatic nitrogens is 1. The lowest BCUT2D eigenvalue weighted by atomic mass is 10.1. The Morgan fingerprint density at radius 3 is 2.41 bits per heavy atom. The molecule has 0 aliphatic carbocycles. The van der Waals surface area contributed by atoms with Crippen molar-refractivity contribution in [2.24, 2.45) is 5.10 Å². The van der Waals surface area contributed by atoms with Crippen molar-refractivity contribution in [3.63, 3.8) is 0 Å². The SMILES string of the molecule is COc1ccc(C=NNC(=O)c2ccc(COc3ccc(-n4c(C)ccc4C)cc3)o2)cc1C. The molecule has 0 spiro atoms. The monoisotopic (exact) mass is 457 g/mol. The minimum atomic E-state index is -0.436. The average molecular weight is 458 g/mol. The van der Waals surface area contributed by atoms with Gasteiger partial charge in [0.05, 0.1) is 13.3 Å². The third kappa shape index (κ3) is 5.20. The van der Waals surface area contributed by atoms with Gasteiger partial charge in [0, 0.05) is 17.1 Å². The third-order valence-electron chi connectivity index (χ3n) is 5.43. The maximum atomic E-state index is 12.3. The second-order valence-electron chi connectivity index (χ2n) is 7.93. The molecule has 4 aromatic rings. The van der Waals surface area contributed by atoms with Crippen molar-refractivity contribution < 1.29 is 18.7 Å². The molecule has 2 heterocycles. The zero-order valence-corrected chi connectivity index (χ0v) is 19.7. The number of ether oxygens (including phenoxy) is 2. The molecular formula is C27H27N3O4. The molecule has 7 heteroatoms. The summed E-state index contributed by atoms with van der Waals surface area (Å²) in [6, 6.07) is 21.0. The molecule has 4 rings (SSSR count). The van der Waals surface area contributed by atoms with Crippen LogP contribution in [0.1, 0.15) is 38.8 Å². The molecule has 0 saturated carbocycles. The highest BCUT2D eigenvalue weighted by molar-refractivity contribution is 5.92. The summed E-state index contributed by atoms with van der Waals surface area (Å²) in [4.78, 5) is 12.3. The number of methoxy groups -OCH3 is 1. The van der Waals surface area contributed by atoms with Gasteiger partial charge in [-0.1, -0.05) is 0 Å². The van der Waals surface area contributed by atoms with Gasteiger partial charge in [-0.2, -0.15) is 5.10 Å². The molecule has 2 aromatic heterocycles. The van der Waals surface area contributed by atoms with E-state index in [1.165, 1.54) is 11.4 Å². The Morgan fingerprint density at radius 2 is 1.74 bits per heavy atom. The van der Waals surface area contributed by atoms with Crippen molar-refractivity contribution in [2.45, 2.75) is 27.4 Å². The Kier molecular flexibility index (Phi) is 6.82. The first-order valence-electron chi connectivity index (χ1n) is 10.9. The predicted octanol–water partition coefficient (Wildman–Crippen LogP) is 5.35. The summed E-state index contributed by atoms with van der Waals surface area (Å²) < 4.78 is 18.8. The number of carbonyl (C=O) groups is 1. The summed E-state index contributed by atoms with van der Waals surface area (Å²) in [5.41, 5.74) is 7.74. The fraction of sp³-hybridized carbons (Fsp3) is 0.185. The van der Waals surface area contributed by atoms with Crippen LogP contribution in [0.3, 0.4) is 0 Å². The van der Waals surface area contributed by atoms with E-state index >= 15 is 0 Å². The van der Waals surface area contributed by atoms with Crippen LogP contribution < -0.4 is 14.9 Å². The molecule has 0 unspecified atom stereocenters. The molecule has 0 saturated heterocycles. The minimum absolute atomic E-state index is 0.163. The summed E-state index contributed by atoms with van der Waals surface area (Å²) in [6.07, 6.45) is 1.57. The summed E-state index contributed by atoms with van der Waals surface area (Å²) >= 11 is 0. The summed E-state index contributed by atoms with van der Waals surface area (Å²) in [5, 5.41) is 4.00. The molecule has 174 valence electrons. The van der Waals surface area contributed by atoms with Crippen LogP contribution in [0.4, 0.5) is 0 Å². The molecular weight excluding hydrogens is 430 g/mol. The van der Waals surface area contributed by atoms with Gasteiger partial charge in [-0.05, 0) is 98.6 Å². The lowest BCUT2D eigenvalue weighted by Crippen LogP contribution is -2.16. The van der Waals surface area contributed by atoms with Crippen LogP contribution in [0.25, 0.3) is 5.69 Å². The normalized spacial score (nSPS) is 11.1. The standard InChI is InChI=1S/C27H27N3O4/c1-18-15-21(7-13-25(18)32-4)16-28-29-27(31)26-14-12-24(34-26)17-33-23-10-8-22(9-11-23)30-19(2)5-6-20(30)3/h5-16H,17H2,1-4H3,(H,29,31). The number of nitrogens with one attached hydrogen (secondary N) is 1. The molecule has 7 nitrogen and oxygen atoms in total. The van der Waals surface area contributed by atoms with Gasteiger partial charge >= 0.3 is 5.91 Å². The number of hydrogen-bond donors (Lipinski definition) is 1. The van der Waals surface area contributed by atoms with E-state index in [9.17, 15) is 4.79 Å². The molecule has 1 N–H and O–H groups in total. The number of nitrogens with zero attached hydrogens (tertiary/aromatic N) is 2. The van der Waals surface area contributed by atoms with Gasteiger partial charge in [0.2, 0.25) is 0 Å². The Labute approximate surface area is 198 Å². The first-order valence-corrected chi connectivity index (χ1v) is 10.9. The summed E-state index contributed by atoms with van der Waals surface area (Å²) in [5.74, 6) is 1.78. The quantitative estimate of drug-likeness (QED) is 0.286. The van der Waals surface area contributed by atoms with Gasteiger partial charge in [0.1, 0.15) is 23.9 Å². The van der Waals surface area contributed by atoms with E-state index in [0.717, 1.165) is 22.6 Å². The highest BCUT2D eigenvalue weighted by Crippen LogP contribution is 2.21. The summed E-state index contributed by atoms with van der Waals surface area (Å²) in [6.45, 7) is 6.31. The number of aryl methyl sites for hydroxylation is 3. The molecule has 0 bridgehead atoms. The Balaban J connectivity index is 1.31. The lowest BCUT2D eigenvalue weighted by Gasteiger charge is -2.10. The van der Waals surface area contributed by atoms with Crippen molar-refractivity contribution in [1.29, 1.82) is 0 Å². The van der Waals surface area contributed by atoms with E-state index < -0.39 is 5.91 Å². The third-order valence-corrected chi connectivity index (χ3v) is 5.43. The topological polar surface area (TPSA) is 78.0 Å². The van der Waals surface area contributed by atoms with E-state index in [-0.39, 0.29) is 12.4 Å². The van der Waals surface area contributed by atoms with Gasteiger partial charge in [-0.3, -0.25) is 4.79 Å². The van der Waals surface area contributed by atoms with Crippen LogP contribution in [0.5, 0.6) is 11.5 Å². The zero-order valence-electron chi connectivity index (χ0n) is 19.7. The van der Waals surface area contributed by atoms with Gasteiger partial charge in [0.25, 0.3) is 0 Å². The number of hydrazone groups is 1. The lowest BCUT2D eigenvalue weighted by molar-refractivity contribution is 0.0923. The van der Waals surface area contributed by atoms with Crippen LogP contribution in [-0.4, -0.2) is 23.8 Å². The van der Waals surface area contributed by atoms with Crippen molar-refractivity contribution >= 4 is 12.1 Å².